The Morgan fingerprint density at radius 1 is 1.35 bits per heavy atom. The van der Waals surface area contributed by atoms with Crippen LogP contribution in [0.1, 0.15) is 13.3 Å². The third-order valence-electron chi connectivity index (χ3n) is 3.64. The smallest absolute Gasteiger partial charge is 0.269 e. The largest absolute Gasteiger partial charge is 0.385 e. The highest BCUT2D eigenvalue weighted by Gasteiger charge is 2.16. The van der Waals surface area contributed by atoms with Gasteiger partial charge in [0.25, 0.3) is 5.69 Å². The number of nitrogens with zero attached hydrogens (tertiary/aromatic N) is 2. The molecule has 6 heteroatoms. The van der Waals surface area contributed by atoms with Crippen LogP contribution in [0.15, 0.2) is 24.3 Å². The average Bonchev–Trinajstić information content (AvgIpc) is 2.48. The van der Waals surface area contributed by atoms with E-state index in [1.54, 1.807) is 12.1 Å². The fourth-order valence-corrected chi connectivity index (χ4v) is 2.33. The highest BCUT2D eigenvalue weighted by molar-refractivity contribution is 5.48. The maximum Gasteiger partial charge on any atom is 0.269 e. The highest BCUT2D eigenvalue weighted by atomic mass is 16.6. The van der Waals surface area contributed by atoms with E-state index in [2.05, 4.69) is 17.1 Å². The van der Waals surface area contributed by atoms with Crippen LogP contribution in [0.3, 0.4) is 0 Å². The number of non-ortho nitro benzene ring substituents is 1. The predicted octanol–water partition coefficient (Wildman–Crippen LogP) is 2.12. The van der Waals surface area contributed by atoms with Gasteiger partial charge in [0.2, 0.25) is 0 Å². The van der Waals surface area contributed by atoms with E-state index >= 15 is 0 Å². The monoisotopic (exact) mass is 279 g/mol. The summed E-state index contributed by atoms with van der Waals surface area (Å²) in [5.41, 5.74) is 1.04. The second-order valence-corrected chi connectivity index (χ2v) is 5.02. The van der Waals surface area contributed by atoms with Crippen molar-refractivity contribution in [1.29, 1.82) is 0 Å². The van der Waals surface area contributed by atoms with E-state index in [4.69, 9.17) is 4.74 Å². The normalized spacial score (nSPS) is 17.6. The van der Waals surface area contributed by atoms with Crippen molar-refractivity contribution < 1.29 is 9.66 Å². The molecule has 1 N–H and O–H groups in total. The summed E-state index contributed by atoms with van der Waals surface area (Å²) in [6.45, 7) is 6.72. The lowest BCUT2D eigenvalue weighted by Crippen LogP contribution is -2.42. The lowest BCUT2D eigenvalue weighted by Gasteiger charge is -2.32. The molecule has 20 heavy (non-hydrogen) atoms. The Labute approximate surface area is 118 Å². The molecule has 1 atom stereocenters. The molecule has 1 unspecified atom stereocenters. The number of rotatable bonds is 6. The fraction of sp³-hybridized carbons (Fsp3) is 0.571. The van der Waals surface area contributed by atoms with Gasteiger partial charge in [0.1, 0.15) is 0 Å². The van der Waals surface area contributed by atoms with Crippen LogP contribution in [-0.4, -0.2) is 48.7 Å². The van der Waals surface area contributed by atoms with Crippen molar-refractivity contribution in [1.82, 2.24) is 4.90 Å². The van der Waals surface area contributed by atoms with Crippen molar-refractivity contribution in [3.05, 3.63) is 34.4 Å². The third kappa shape index (κ3) is 4.18. The van der Waals surface area contributed by atoms with Crippen molar-refractivity contribution in [2.75, 3.05) is 38.2 Å². The van der Waals surface area contributed by atoms with E-state index in [0.29, 0.717) is 6.04 Å². The Bertz CT molecular complexity index is 430. The Morgan fingerprint density at radius 2 is 2.00 bits per heavy atom. The first-order valence-corrected chi connectivity index (χ1v) is 6.97. The first kappa shape index (κ1) is 14.7. The second-order valence-electron chi connectivity index (χ2n) is 5.02. The van der Waals surface area contributed by atoms with Crippen LogP contribution in [0.2, 0.25) is 0 Å². The molecule has 0 aliphatic carbocycles. The summed E-state index contributed by atoms with van der Waals surface area (Å²) in [5, 5.41) is 13.9. The van der Waals surface area contributed by atoms with Crippen LogP contribution in [-0.2, 0) is 4.74 Å². The maximum atomic E-state index is 10.6. The summed E-state index contributed by atoms with van der Waals surface area (Å²) in [5.74, 6) is 0. The molecular formula is C14H21N3O3. The van der Waals surface area contributed by atoms with E-state index < -0.39 is 0 Å². The minimum atomic E-state index is -0.385. The van der Waals surface area contributed by atoms with Crippen molar-refractivity contribution in [3.63, 3.8) is 0 Å². The SMILES string of the molecule is CC(CCNc1ccc([N+](=O)[O-])cc1)N1CCOCC1. The number of nitro groups is 1. The molecule has 1 aliphatic rings. The van der Waals surface area contributed by atoms with E-state index in [1.165, 1.54) is 12.1 Å². The molecule has 0 radical (unpaired) electrons. The van der Waals surface area contributed by atoms with Gasteiger partial charge in [-0.2, -0.15) is 0 Å². The molecular weight excluding hydrogens is 258 g/mol. The zero-order valence-corrected chi connectivity index (χ0v) is 11.7. The molecule has 0 saturated carbocycles. The summed E-state index contributed by atoms with van der Waals surface area (Å²) < 4.78 is 5.34. The topological polar surface area (TPSA) is 67.6 Å². The number of nitro benzene ring substituents is 1. The molecule has 1 heterocycles. The van der Waals surface area contributed by atoms with Crippen molar-refractivity contribution >= 4 is 11.4 Å². The van der Waals surface area contributed by atoms with Crippen molar-refractivity contribution in [3.8, 4) is 0 Å². The zero-order valence-electron chi connectivity index (χ0n) is 11.7. The van der Waals surface area contributed by atoms with Crippen LogP contribution in [0.25, 0.3) is 0 Å². The second kappa shape index (κ2) is 7.21. The Kier molecular flexibility index (Phi) is 5.31. The highest BCUT2D eigenvalue weighted by Crippen LogP contribution is 2.15. The molecule has 2 rings (SSSR count). The van der Waals surface area contributed by atoms with Crippen molar-refractivity contribution in [2.24, 2.45) is 0 Å². The van der Waals surface area contributed by atoms with Gasteiger partial charge in [0.15, 0.2) is 0 Å². The van der Waals surface area contributed by atoms with Crippen LogP contribution >= 0.6 is 0 Å². The van der Waals surface area contributed by atoms with Gasteiger partial charge in [-0.1, -0.05) is 0 Å². The quantitative estimate of drug-likeness (QED) is 0.638. The summed E-state index contributed by atoms with van der Waals surface area (Å²) in [6, 6.07) is 7.06. The molecule has 0 amide bonds. The molecule has 1 aromatic rings. The molecule has 1 saturated heterocycles. The number of benzene rings is 1. The van der Waals surface area contributed by atoms with Gasteiger partial charge in [-0.05, 0) is 25.5 Å². The summed E-state index contributed by atoms with van der Waals surface area (Å²) in [6.07, 6.45) is 1.04. The fourth-order valence-electron chi connectivity index (χ4n) is 2.33. The molecule has 6 nitrogen and oxygen atoms in total. The van der Waals surface area contributed by atoms with E-state index in [0.717, 1.165) is 45.0 Å². The number of hydrogen-bond donors (Lipinski definition) is 1. The molecule has 0 aromatic heterocycles. The lowest BCUT2D eigenvalue weighted by molar-refractivity contribution is -0.384. The Hall–Kier alpha value is -1.66. The van der Waals surface area contributed by atoms with Gasteiger partial charge in [-0.25, -0.2) is 0 Å². The van der Waals surface area contributed by atoms with E-state index in [9.17, 15) is 10.1 Å². The maximum absolute atomic E-state index is 10.6. The summed E-state index contributed by atoms with van der Waals surface area (Å²) in [7, 11) is 0. The van der Waals surface area contributed by atoms with Gasteiger partial charge >= 0.3 is 0 Å². The van der Waals surface area contributed by atoms with Crippen LogP contribution < -0.4 is 5.32 Å². The first-order chi connectivity index (χ1) is 9.66. The Balaban J connectivity index is 1.73. The minimum Gasteiger partial charge on any atom is -0.385 e. The number of ether oxygens (including phenoxy) is 1. The lowest BCUT2D eigenvalue weighted by atomic mass is 10.2. The van der Waals surface area contributed by atoms with E-state index in [1.807, 2.05) is 0 Å². The number of hydrogen-bond acceptors (Lipinski definition) is 5. The van der Waals surface area contributed by atoms with Gasteiger partial charge in [-0.15, -0.1) is 0 Å². The number of anilines is 1. The average molecular weight is 279 g/mol. The molecule has 1 aliphatic heterocycles. The van der Waals surface area contributed by atoms with Crippen LogP contribution in [0, 0.1) is 10.1 Å². The Morgan fingerprint density at radius 3 is 2.60 bits per heavy atom. The minimum absolute atomic E-state index is 0.122. The van der Waals surface area contributed by atoms with Gasteiger partial charge < -0.3 is 10.1 Å². The molecule has 110 valence electrons. The molecule has 1 aromatic carbocycles. The van der Waals surface area contributed by atoms with Crippen LogP contribution in [0.4, 0.5) is 11.4 Å². The predicted molar refractivity (Wildman–Crippen MR) is 78.1 cm³/mol. The molecule has 0 spiro atoms. The molecule has 0 bridgehead atoms. The van der Waals surface area contributed by atoms with E-state index in [-0.39, 0.29) is 10.6 Å². The van der Waals surface area contributed by atoms with Gasteiger partial charge in [0.05, 0.1) is 18.1 Å². The summed E-state index contributed by atoms with van der Waals surface area (Å²) >= 11 is 0. The summed E-state index contributed by atoms with van der Waals surface area (Å²) in [4.78, 5) is 12.6. The number of morpholine rings is 1. The van der Waals surface area contributed by atoms with Gasteiger partial charge in [-0.3, -0.25) is 15.0 Å². The standard InChI is InChI=1S/C14H21N3O3/c1-12(16-8-10-20-11-9-16)6-7-15-13-2-4-14(5-3-13)17(18)19/h2-5,12,15H,6-11H2,1H3. The molecule has 1 fully saturated rings. The first-order valence-electron chi connectivity index (χ1n) is 6.97. The number of nitrogens with one attached hydrogen (secondary N) is 1. The van der Waals surface area contributed by atoms with Crippen molar-refractivity contribution in [2.45, 2.75) is 19.4 Å². The van der Waals surface area contributed by atoms with Crippen LogP contribution in [0.5, 0.6) is 0 Å². The zero-order chi connectivity index (χ0) is 14.4. The third-order valence-corrected chi connectivity index (χ3v) is 3.64. The van der Waals surface area contributed by atoms with Gasteiger partial charge in [0, 0.05) is 43.5 Å².